The van der Waals surface area contributed by atoms with Gasteiger partial charge < -0.3 is 5.21 Å². The molecule has 2 rings (SSSR count). The fraction of sp³-hybridized carbons (Fsp3) is 0.818. The van der Waals surface area contributed by atoms with Crippen LogP contribution >= 0.6 is 15.9 Å². The molecule has 0 saturated heterocycles. The summed E-state index contributed by atoms with van der Waals surface area (Å²) in [5.41, 5.74) is 0.0680. The summed E-state index contributed by atoms with van der Waals surface area (Å²) in [5, 5.41) is 12.2. The van der Waals surface area contributed by atoms with Crippen molar-refractivity contribution >= 4 is 27.4 Å². The van der Waals surface area contributed by atoms with Crippen LogP contribution in [0.15, 0.2) is 0 Å². The number of fused-ring (bicyclic) bond motifs is 2. The first-order chi connectivity index (χ1) is 6.88. The highest BCUT2D eigenvalue weighted by Crippen LogP contribution is 2.63. The first kappa shape index (κ1) is 11.1. The van der Waals surface area contributed by atoms with E-state index in [2.05, 4.69) is 22.9 Å². The van der Waals surface area contributed by atoms with Gasteiger partial charge in [-0.15, -0.1) is 0 Å². The molecule has 3 nitrogen and oxygen atoms in total. The standard InChI is InChI=1S/C11H16BrNO2/c1-10-5-4-7(11(10,2)6-12)8(9(10)14)13(3)15/h7H,4-6H2,1-3H3/b13-8-/t7-,10-,11-/m1/s1. The van der Waals surface area contributed by atoms with Crippen molar-refractivity contribution in [3.63, 3.8) is 0 Å². The monoisotopic (exact) mass is 273 g/mol. The highest BCUT2D eigenvalue weighted by Gasteiger charge is 2.69. The molecule has 0 aromatic rings. The van der Waals surface area contributed by atoms with Gasteiger partial charge in [-0.25, -0.2) is 4.74 Å². The first-order valence-corrected chi connectivity index (χ1v) is 6.39. The fourth-order valence-corrected chi connectivity index (χ4v) is 4.29. The second kappa shape index (κ2) is 3.06. The summed E-state index contributed by atoms with van der Waals surface area (Å²) >= 11 is 3.51. The smallest absolute Gasteiger partial charge is 0.234 e. The van der Waals surface area contributed by atoms with Crippen molar-refractivity contribution in [2.24, 2.45) is 16.7 Å². The van der Waals surface area contributed by atoms with Gasteiger partial charge in [0, 0.05) is 16.2 Å². The van der Waals surface area contributed by atoms with Gasteiger partial charge in [-0.05, 0) is 12.8 Å². The van der Waals surface area contributed by atoms with E-state index in [9.17, 15) is 10.0 Å². The Kier molecular flexibility index (Phi) is 2.27. The van der Waals surface area contributed by atoms with Crippen LogP contribution in [0.3, 0.4) is 0 Å². The summed E-state index contributed by atoms with van der Waals surface area (Å²) in [6, 6.07) is 0. The Morgan fingerprint density at radius 3 is 2.53 bits per heavy atom. The quantitative estimate of drug-likeness (QED) is 0.317. The van der Waals surface area contributed by atoms with Gasteiger partial charge >= 0.3 is 0 Å². The molecule has 0 spiro atoms. The molecule has 2 saturated carbocycles. The highest BCUT2D eigenvalue weighted by atomic mass is 79.9. The Balaban J connectivity index is 2.60. The van der Waals surface area contributed by atoms with Gasteiger partial charge in [0.05, 0.1) is 5.92 Å². The van der Waals surface area contributed by atoms with Crippen LogP contribution in [-0.2, 0) is 4.79 Å². The van der Waals surface area contributed by atoms with Crippen LogP contribution in [0.2, 0.25) is 0 Å². The fourth-order valence-electron chi connectivity index (χ4n) is 3.28. The largest absolute Gasteiger partial charge is 0.624 e. The Bertz CT molecular complexity index is 362. The Hall–Kier alpha value is -0.380. The first-order valence-electron chi connectivity index (χ1n) is 5.27. The SMILES string of the molecule is C/[N+]([O-])=C1/C(=O)[C@@]2(C)CC[C@H]1[C@@]2(C)CBr. The van der Waals surface area contributed by atoms with E-state index in [1.165, 1.54) is 7.05 Å². The van der Waals surface area contributed by atoms with E-state index >= 15 is 0 Å². The Morgan fingerprint density at radius 1 is 1.60 bits per heavy atom. The summed E-state index contributed by atoms with van der Waals surface area (Å²) in [6.07, 6.45) is 1.88. The molecule has 4 heteroatoms. The second-order valence-corrected chi connectivity index (χ2v) is 5.75. The van der Waals surface area contributed by atoms with Gasteiger partial charge in [-0.1, -0.05) is 29.8 Å². The number of hydrogen-bond acceptors (Lipinski definition) is 2. The zero-order chi connectivity index (χ0) is 11.4. The number of carbonyl (C=O) groups is 1. The summed E-state index contributed by atoms with van der Waals surface area (Å²) < 4.78 is 0.776. The van der Waals surface area contributed by atoms with Gasteiger partial charge in [-0.2, -0.15) is 0 Å². The van der Waals surface area contributed by atoms with Crippen LogP contribution in [0.4, 0.5) is 0 Å². The minimum Gasteiger partial charge on any atom is -0.624 e. The number of hydroxylamine groups is 1. The third kappa shape index (κ3) is 1.06. The molecule has 2 bridgehead atoms. The van der Waals surface area contributed by atoms with E-state index in [0.717, 1.165) is 22.9 Å². The van der Waals surface area contributed by atoms with Gasteiger partial charge in [0.1, 0.15) is 7.05 Å². The third-order valence-electron chi connectivity index (χ3n) is 4.64. The van der Waals surface area contributed by atoms with E-state index in [0.29, 0.717) is 5.71 Å². The van der Waals surface area contributed by atoms with Gasteiger partial charge in [0.15, 0.2) is 0 Å². The molecule has 2 aliphatic carbocycles. The topological polar surface area (TPSA) is 43.1 Å². The van der Waals surface area contributed by atoms with E-state index in [-0.39, 0.29) is 22.5 Å². The van der Waals surface area contributed by atoms with Crippen LogP contribution in [-0.4, -0.2) is 28.6 Å². The zero-order valence-corrected chi connectivity index (χ0v) is 10.9. The van der Waals surface area contributed by atoms with Crippen LogP contribution in [0, 0.1) is 22.0 Å². The van der Waals surface area contributed by atoms with E-state index in [1.807, 2.05) is 6.92 Å². The third-order valence-corrected chi connectivity index (χ3v) is 5.81. The summed E-state index contributed by atoms with van der Waals surface area (Å²) in [6.45, 7) is 4.13. The molecule has 0 aromatic heterocycles. The number of nitrogens with zero attached hydrogens (tertiary/aromatic N) is 1. The normalized spacial score (nSPS) is 47.5. The van der Waals surface area contributed by atoms with Crippen molar-refractivity contribution in [1.29, 1.82) is 0 Å². The number of ketones is 1. The summed E-state index contributed by atoms with van der Waals surface area (Å²) in [4.78, 5) is 12.2. The molecular formula is C11H16BrNO2. The number of alkyl halides is 1. The van der Waals surface area contributed by atoms with Crippen LogP contribution in [0.25, 0.3) is 0 Å². The second-order valence-electron chi connectivity index (χ2n) is 5.19. The van der Waals surface area contributed by atoms with Crippen molar-refractivity contribution < 1.29 is 9.53 Å². The van der Waals surface area contributed by atoms with Crippen LogP contribution < -0.4 is 0 Å². The summed E-state index contributed by atoms with van der Waals surface area (Å²) in [7, 11) is 1.44. The molecule has 0 N–H and O–H groups in total. The van der Waals surface area contributed by atoms with Gasteiger partial charge in [0.2, 0.25) is 11.5 Å². The molecule has 2 fully saturated rings. The molecule has 84 valence electrons. The van der Waals surface area contributed by atoms with Crippen molar-refractivity contribution in [3.05, 3.63) is 5.21 Å². The van der Waals surface area contributed by atoms with Gasteiger partial charge in [0.25, 0.3) is 0 Å². The summed E-state index contributed by atoms with van der Waals surface area (Å²) in [5.74, 6) is 0.204. The predicted octanol–water partition coefficient (Wildman–Crippen LogP) is 1.97. The molecule has 0 radical (unpaired) electrons. The predicted molar refractivity (Wildman–Crippen MR) is 62.3 cm³/mol. The van der Waals surface area contributed by atoms with Gasteiger partial charge in [-0.3, -0.25) is 4.79 Å². The molecule has 0 unspecified atom stereocenters. The van der Waals surface area contributed by atoms with E-state index in [4.69, 9.17) is 0 Å². The minimum absolute atomic E-state index is 0.0678. The van der Waals surface area contributed by atoms with Crippen molar-refractivity contribution in [2.75, 3.05) is 12.4 Å². The molecule has 0 heterocycles. The number of halogens is 1. The Morgan fingerprint density at radius 2 is 2.20 bits per heavy atom. The lowest BCUT2D eigenvalue weighted by Crippen LogP contribution is -2.37. The van der Waals surface area contributed by atoms with Crippen LogP contribution in [0.1, 0.15) is 26.7 Å². The van der Waals surface area contributed by atoms with Crippen LogP contribution in [0.5, 0.6) is 0 Å². The number of Topliss-reactive ketones (excluding diaryl/α,β-unsaturated/α-hetero) is 1. The van der Waals surface area contributed by atoms with E-state index in [1.54, 1.807) is 0 Å². The average Bonchev–Trinajstić information content (AvgIpc) is 2.51. The van der Waals surface area contributed by atoms with Crippen molar-refractivity contribution in [2.45, 2.75) is 26.7 Å². The maximum atomic E-state index is 12.2. The molecule has 0 aliphatic heterocycles. The molecule has 3 atom stereocenters. The highest BCUT2D eigenvalue weighted by molar-refractivity contribution is 9.09. The average molecular weight is 274 g/mol. The lowest BCUT2D eigenvalue weighted by molar-refractivity contribution is -0.424. The molecule has 2 aliphatic rings. The number of hydrogen-bond donors (Lipinski definition) is 0. The Labute approximate surface area is 98.3 Å². The van der Waals surface area contributed by atoms with Crippen molar-refractivity contribution in [1.82, 2.24) is 0 Å². The molecule has 0 aromatic carbocycles. The lowest BCUT2D eigenvalue weighted by Gasteiger charge is -2.33. The molecule has 15 heavy (non-hydrogen) atoms. The maximum Gasteiger partial charge on any atom is 0.234 e. The zero-order valence-electron chi connectivity index (χ0n) is 9.34. The minimum atomic E-state index is -0.338. The lowest BCUT2D eigenvalue weighted by atomic mass is 9.70. The maximum absolute atomic E-state index is 12.2. The van der Waals surface area contributed by atoms with Crippen molar-refractivity contribution in [3.8, 4) is 0 Å². The van der Waals surface area contributed by atoms with E-state index < -0.39 is 0 Å². The molecular weight excluding hydrogens is 258 g/mol. The number of carbonyl (C=O) groups excluding carboxylic acids is 1. The molecule has 0 amide bonds. The number of rotatable bonds is 1.